The van der Waals surface area contributed by atoms with Crippen LogP contribution in [-0.4, -0.2) is 19.7 Å². The first-order valence-electron chi connectivity index (χ1n) is 8.32. The molecule has 26 heavy (non-hydrogen) atoms. The summed E-state index contributed by atoms with van der Waals surface area (Å²) in [5.41, 5.74) is 6.25. The Labute approximate surface area is 156 Å². The molecular weight excluding hydrogens is 346 g/mol. The Morgan fingerprint density at radius 1 is 1.00 bits per heavy atom. The van der Waals surface area contributed by atoms with E-state index in [9.17, 15) is 0 Å². The second-order valence-corrected chi connectivity index (χ2v) is 6.83. The minimum Gasteiger partial charge on any atom is -0.339 e. The fourth-order valence-electron chi connectivity index (χ4n) is 3.24. The van der Waals surface area contributed by atoms with Gasteiger partial charge in [0.25, 0.3) is 0 Å². The number of aromatic nitrogens is 4. The summed E-state index contributed by atoms with van der Waals surface area (Å²) in [7, 11) is 0. The van der Waals surface area contributed by atoms with Gasteiger partial charge in [-0.1, -0.05) is 35.4 Å². The second-order valence-electron chi connectivity index (χ2n) is 6.39. The maximum atomic E-state index is 6.11. The molecular formula is C20H18ClN5. The maximum Gasteiger partial charge on any atom is 0.168 e. The van der Waals surface area contributed by atoms with Gasteiger partial charge in [-0.15, -0.1) is 0 Å². The first-order chi connectivity index (χ1) is 12.5. The number of aryl methyl sites for hydroxylation is 3. The first kappa shape index (κ1) is 16.5. The van der Waals surface area contributed by atoms with Crippen molar-refractivity contribution in [2.45, 2.75) is 20.8 Å². The summed E-state index contributed by atoms with van der Waals surface area (Å²) in [5, 5.41) is 9.45. The fourth-order valence-corrected chi connectivity index (χ4v) is 3.42. The molecule has 0 aliphatic carbocycles. The molecule has 1 N–H and O–H groups in total. The largest absolute Gasteiger partial charge is 0.339 e. The van der Waals surface area contributed by atoms with Crippen LogP contribution in [-0.2, 0) is 0 Å². The van der Waals surface area contributed by atoms with Gasteiger partial charge in [0.2, 0.25) is 0 Å². The molecule has 2 aromatic carbocycles. The molecule has 0 spiro atoms. The molecule has 0 aliphatic rings. The predicted octanol–water partition coefficient (Wildman–Crippen LogP) is 5.14. The highest BCUT2D eigenvalue weighted by molar-refractivity contribution is 6.30. The molecule has 0 saturated heterocycles. The van der Waals surface area contributed by atoms with Crippen molar-refractivity contribution in [2.24, 2.45) is 0 Å². The van der Waals surface area contributed by atoms with Gasteiger partial charge in [0, 0.05) is 10.7 Å². The second kappa shape index (κ2) is 6.42. The van der Waals surface area contributed by atoms with Gasteiger partial charge in [-0.05, 0) is 50.1 Å². The highest BCUT2D eigenvalue weighted by Crippen LogP contribution is 2.29. The minimum absolute atomic E-state index is 0.657. The summed E-state index contributed by atoms with van der Waals surface area (Å²) in [5.74, 6) is 0.735. The van der Waals surface area contributed by atoms with Crippen molar-refractivity contribution in [1.82, 2.24) is 19.7 Å². The number of hydrogen-bond acceptors (Lipinski definition) is 4. The lowest BCUT2D eigenvalue weighted by molar-refractivity contribution is 0.895. The topological polar surface area (TPSA) is 55.6 Å². The zero-order valence-corrected chi connectivity index (χ0v) is 15.5. The lowest BCUT2D eigenvalue weighted by Crippen LogP contribution is -2.01. The van der Waals surface area contributed by atoms with Gasteiger partial charge < -0.3 is 5.32 Å². The van der Waals surface area contributed by atoms with Gasteiger partial charge in [-0.3, -0.25) is 0 Å². The van der Waals surface area contributed by atoms with Crippen LogP contribution in [0.15, 0.2) is 48.9 Å². The third kappa shape index (κ3) is 2.91. The molecule has 0 unspecified atom stereocenters. The third-order valence-electron chi connectivity index (χ3n) is 4.34. The van der Waals surface area contributed by atoms with Gasteiger partial charge >= 0.3 is 0 Å². The van der Waals surface area contributed by atoms with Crippen molar-refractivity contribution in [3.8, 4) is 5.69 Å². The third-order valence-corrected chi connectivity index (χ3v) is 4.57. The van der Waals surface area contributed by atoms with E-state index in [1.807, 2.05) is 24.3 Å². The monoisotopic (exact) mass is 363 g/mol. The Morgan fingerprint density at radius 2 is 1.77 bits per heavy atom. The van der Waals surface area contributed by atoms with Crippen LogP contribution in [0.1, 0.15) is 16.7 Å². The molecule has 0 aliphatic heterocycles. The van der Waals surface area contributed by atoms with Crippen LogP contribution in [0.4, 0.5) is 11.5 Å². The molecule has 0 atom stereocenters. The SMILES string of the molecule is Cc1cc(C)c(Nc2ncnc3c2cnn3-c2cccc(Cl)c2)c(C)c1. The number of nitrogens with zero attached hydrogens (tertiary/aromatic N) is 4. The summed E-state index contributed by atoms with van der Waals surface area (Å²) in [6.07, 6.45) is 3.32. The maximum absolute atomic E-state index is 6.11. The minimum atomic E-state index is 0.657. The number of fused-ring (bicyclic) bond motifs is 1. The van der Waals surface area contributed by atoms with Crippen molar-refractivity contribution in [2.75, 3.05) is 5.32 Å². The fraction of sp³-hybridized carbons (Fsp3) is 0.150. The van der Waals surface area contributed by atoms with Gasteiger partial charge in [-0.2, -0.15) is 5.10 Å². The summed E-state index contributed by atoms with van der Waals surface area (Å²) >= 11 is 6.11. The molecule has 0 radical (unpaired) electrons. The smallest absolute Gasteiger partial charge is 0.168 e. The van der Waals surface area contributed by atoms with E-state index >= 15 is 0 Å². The first-order valence-corrected chi connectivity index (χ1v) is 8.70. The van der Waals surface area contributed by atoms with E-state index in [0.29, 0.717) is 5.02 Å². The summed E-state index contributed by atoms with van der Waals surface area (Å²) < 4.78 is 1.77. The molecule has 6 heteroatoms. The Bertz CT molecular complexity index is 1090. The summed E-state index contributed by atoms with van der Waals surface area (Å²) in [4.78, 5) is 8.84. The Hall–Kier alpha value is -2.92. The van der Waals surface area contributed by atoms with E-state index in [1.54, 1.807) is 17.2 Å². The van der Waals surface area contributed by atoms with Crippen molar-refractivity contribution in [3.05, 3.63) is 70.6 Å². The van der Waals surface area contributed by atoms with Crippen LogP contribution >= 0.6 is 11.6 Å². The zero-order valence-electron chi connectivity index (χ0n) is 14.8. The van der Waals surface area contributed by atoms with E-state index in [-0.39, 0.29) is 0 Å². The van der Waals surface area contributed by atoms with Crippen LogP contribution in [0.5, 0.6) is 0 Å². The summed E-state index contributed by atoms with van der Waals surface area (Å²) in [6, 6.07) is 11.8. The lowest BCUT2D eigenvalue weighted by Gasteiger charge is -2.13. The average molecular weight is 364 g/mol. The number of hydrogen-bond donors (Lipinski definition) is 1. The highest BCUT2D eigenvalue weighted by atomic mass is 35.5. The van der Waals surface area contributed by atoms with Crippen LogP contribution in [0.2, 0.25) is 5.02 Å². The number of nitrogens with one attached hydrogen (secondary N) is 1. The molecule has 130 valence electrons. The molecule has 0 bridgehead atoms. The lowest BCUT2D eigenvalue weighted by atomic mass is 10.1. The number of rotatable bonds is 3. The molecule has 2 aromatic heterocycles. The van der Waals surface area contributed by atoms with Crippen molar-refractivity contribution in [3.63, 3.8) is 0 Å². The molecule has 0 amide bonds. The normalized spacial score (nSPS) is 11.1. The van der Waals surface area contributed by atoms with Gasteiger partial charge in [0.1, 0.15) is 12.1 Å². The van der Waals surface area contributed by atoms with Crippen LogP contribution in [0.3, 0.4) is 0 Å². The Balaban J connectivity index is 1.81. The number of anilines is 2. The van der Waals surface area contributed by atoms with E-state index < -0.39 is 0 Å². The average Bonchev–Trinajstić information content (AvgIpc) is 3.03. The van der Waals surface area contributed by atoms with E-state index in [4.69, 9.17) is 11.6 Å². The molecule has 4 aromatic rings. The number of benzene rings is 2. The standard InChI is InChI=1S/C20H18ClN5/c1-12-7-13(2)18(14(3)8-12)25-19-17-10-24-26(20(17)23-11-22-19)16-6-4-5-15(21)9-16/h4-11H,1-3H3,(H,22,23,25). The Morgan fingerprint density at radius 3 is 2.50 bits per heavy atom. The molecule has 0 saturated carbocycles. The molecule has 2 heterocycles. The quantitative estimate of drug-likeness (QED) is 0.547. The zero-order chi connectivity index (χ0) is 18.3. The van der Waals surface area contributed by atoms with Crippen molar-refractivity contribution in [1.29, 1.82) is 0 Å². The highest BCUT2D eigenvalue weighted by Gasteiger charge is 2.13. The van der Waals surface area contributed by atoms with Gasteiger partial charge in [0.15, 0.2) is 5.65 Å². The van der Waals surface area contributed by atoms with Gasteiger partial charge in [0.05, 0.1) is 17.3 Å². The molecule has 0 fully saturated rings. The summed E-state index contributed by atoms with van der Waals surface area (Å²) in [6.45, 7) is 6.29. The van der Waals surface area contributed by atoms with Gasteiger partial charge in [-0.25, -0.2) is 14.6 Å². The predicted molar refractivity (Wildman–Crippen MR) is 106 cm³/mol. The van der Waals surface area contributed by atoms with Crippen LogP contribution in [0.25, 0.3) is 16.7 Å². The van der Waals surface area contributed by atoms with Crippen molar-refractivity contribution >= 4 is 34.1 Å². The van der Waals surface area contributed by atoms with E-state index in [2.05, 4.69) is 53.3 Å². The molecule has 4 rings (SSSR count). The van der Waals surface area contributed by atoms with Crippen LogP contribution in [0, 0.1) is 20.8 Å². The van der Waals surface area contributed by atoms with E-state index in [0.717, 1.165) is 28.2 Å². The molecule has 5 nitrogen and oxygen atoms in total. The van der Waals surface area contributed by atoms with Crippen molar-refractivity contribution < 1.29 is 0 Å². The van der Waals surface area contributed by atoms with E-state index in [1.165, 1.54) is 16.7 Å². The van der Waals surface area contributed by atoms with Crippen LogP contribution < -0.4 is 5.32 Å². The number of halogens is 1. The Kier molecular flexibility index (Phi) is 4.09.